The molecule has 4 rings (SSSR count). The number of nitrogens with zero attached hydrogens (tertiary/aromatic N) is 5. The van der Waals surface area contributed by atoms with Crippen molar-refractivity contribution in [2.24, 2.45) is 5.73 Å². The van der Waals surface area contributed by atoms with Gasteiger partial charge in [-0.15, -0.1) is 10.2 Å². The third kappa shape index (κ3) is 5.03. The summed E-state index contributed by atoms with van der Waals surface area (Å²) in [5, 5.41) is 12.3. The predicted octanol–water partition coefficient (Wildman–Crippen LogP) is 0.758. The number of carbonyl (C=O) groups is 1. The second-order valence-electron chi connectivity index (χ2n) is 7.13. The molecule has 168 valence electrons. The second kappa shape index (κ2) is 9.32. The molecule has 32 heavy (non-hydrogen) atoms. The summed E-state index contributed by atoms with van der Waals surface area (Å²) in [6, 6.07) is 11.2. The van der Waals surface area contributed by atoms with Crippen LogP contribution >= 0.6 is 0 Å². The number of nitrogens with two attached hydrogens (primary N) is 1. The van der Waals surface area contributed by atoms with Gasteiger partial charge in [0, 0.05) is 31.5 Å². The number of amides is 1. The Kier molecular flexibility index (Phi) is 6.32. The lowest BCUT2D eigenvalue weighted by Crippen LogP contribution is -2.41. The number of hydrogen-bond acceptors (Lipinski definition) is 8. The SMILES string of the molecule is NC(=O)COc1ccc(S(=O)(=O)N2CCC(Oc3ccc(-n4cccn4)nn3)CC2)cc1. The molecule has 0 aliphatic carbocycles. The van der Waals surface area contributed by atoms with E-state index < -0.39 is 15.9 Å². The first-order valence-corrected chi connectivity index (χ1v) is 11.4. The summed E-state index contributed by atoms with van der Waals surface area (Å²) in [4.78, 5) is 10.9. The average Bonchev–Trinajstić information content (AvgIpc) is 3.34. The van der Waals surface area contributed by atoms with E-state index >= 15 is 0 Å². The van der Waals surface area contributed by atoms with Gasteiger partial charge in [0.15, 0.2) is 12.4 Å². The van der Waals surface area contributed by atoms with Crippen molar-refractivity contribution in [2.45, 2.75) is 23.8 Å². The van der Waals surface area contributed by atoms with Gasteiger partial charge in [0.2, 0.25) is 15.9 Å². The Morgan fingerprint density at radius 1 is 1.09 bits per heavy atom. The Bertz CT molecular complexity index is 1140. The van der Waals surface area contributed by atoms with Crippen LogP contribution in [-0.4, -0.2) is 64.4 Å². The van der Waals surface area contributed by atoms with Crippen molar-refractivity contribution in [2.75, 3.05) is 19.7 Å². The highest BCUT2D eigenvalue weighted by Crippen LogP contribution is 2.24. The zero-order chi connectivity index (χ0) is 22.6. The number of primary amides is 1. The van der Waals surface area contributed by atoms with Crippen LogP contribution in [0.2, 0.25) is 0 Å². The largest absolute Gasteiger partial charge is 0.484 e. The Balaban J connectivity index is 1.32. The molecule has 1 aliphatic rings. The summed E-state index contributed by atoms with van der Waals surface area (Å²) in [6.07, 6.45) is 4.32. The van der Waals surface area contributed by atoms with Gasteiger partial charge in [-0.05, 0) is 49.2 Å². The number of benzene rings is 1. The summed E-state index contributed by atoms with van der Waals surface area (Å²) < 4.78 is 39.9. The smallest absolute Gasteiger partial charge is 0.255 e. The lowest BCUT2D eigenvalue weighted by atomic mass is 10.1. The first-order valence-electron chi connectivity index (χ1n) is 9.93. The highest BCUT2D eigenvalue weighted by Gasteiger charge is 2.30. The molecule has 1 fully saturated rings. The van der Waals surface area contributed by atoms with Gasteiger partial charge in [0.25, 0.3) is 5.91 Å². The van der Waals surface area contributed by atoms with E-state index in [9.17, 15) is 13.2 Å². The van der Waals surface area contributed by atoms with Crippen molar-refractivity contribution >= 4 is 15.9 Å². The molecule has 1 saturated heterocycles. The highest BCUT2D eigenvalue weighted by atomic mass is 32.2. The van der Waals surface area contributed by atoms with Crippen LogP contribution in [0.5, 0.6) is 11.6 Å². The van der Waals surface area contributed by atoms with Crippen molar-refractivity contribution in [3.63, 3.8) is 0 Å². The van der Waals surface area contributed by atoms with Crippen LogP contribution in [0.25, 0.3) is 5.82 Å². The molecule has 3 aromatic rings. The Morgan fingerprint density at radius 3 is 2.44 bits per heavy atom. The number of rotatable bonds is 8. The van der Waals surface area contributed by atoms with Gasteiger partial charge in [-0.3, -0.25) is 4.79 Å². The molecule has 0 saturated carbocycles. The average molecular weight is 459 g/mol. The zero-order valence-electron chi connectivity index (χ0n) is 17.1. The molecule has 0 unspecified atom stereocenters. The van der Waals surface area contributed by atoms with Gasteiger partial charge >= 0.3 is 0 Å². The van der Waals surface area contributed by atoms with E-state index in [0.717, 1.165) is 0 Å². The lowest BCUT2D eigenvalue weighted by Gasteiger charge is -2.31. The van der Waals surface area contributed by atoms with Gasteiger partial charge < -0.3 is 15.2 Å². The van der Waals surface area contributed by atoms with E-state index in [1.54, 1.807) is 35.3 Å². The van der Waals surface area contributed by atoms with Gasteiger partial charge in [0.1, 0.15) is 11.9 Å². The fourth-order valence-electron chi connectivity index (χ4n) is 3.27. The van der Waals surface area contributed by atoms with Crippen LogP contribution in [0, 0.1) is 0 Å². The first kappa shape index (κ1) is 21.7. The first-order chi connectivity index (χ1) is 15.4. The predicted molar refractivity (Wildman–Crippen MR) is 113 cm³/mol. The third-order valence-electron chi connectivity index (χ3n) is 4.90. The fraction of sp³-hybridized carbons (Fsp3) is 0.300. The number of ether oxygens (including phenoxy) is 2. The maximum Gasteiger partial charge on any atom is 0.255 e. The minimum atomic E-state index is -3.64. The Labute approximate surface area is 184 Å². The molecule has 2 aromatic heterocycles. The van der Waals surface area contributed by atoms with E-state index in [1.807, 2.05) is 0 Å². The van der Waals surface area contributed by atoms with E-state index in [4.69, 9.17) is 15.2 Å². The number of aromatic nitrogens is 4. The molecule has 0 radical (unpaired) electrons. The Hall–Kier alpha value is -3.51. The molecule has 1 aromatic carbocycles. The van der Waals surface area contributed by atoms with Crippen molar-refractivity contribution < 1.29 is 22.7 Å². The molecule has 3 heterocycles. The minimum Gasteiger partial charge on any atom is -0.484 e. The monoisotopic (exact) mass is 458 g/mol. The van der Waals surface area contributed by atoms with Gasteiger partial charge in [-0.1, -0.05) is 0 Å². The summed E-state index contributed by atoms with van der Waals surface area (Å²) in [7, 11) is -3.64. The topological polar surface area (TPSA) is 143 Å². The summed E-state index contributed by atoms with van der Waals surface area (Å²) in [5.74, 6) is 0.726. The summed E-state index contributed by atoms with van der Waals surface area (Å²) in [6.45, 7) is 0.382. The molecule has 0 spiro atoms. The third-order valence-corrected chi connectivity index (χ3v) is 6.81. The highest BCUT2D eigenvalue weighted by molar-refractivity contribution is 7.89. The number of hydrogen-bond donors (Lipinski definition) is 1. The van der Waals surface area contributed by atoms with Gasteiger partial charge in [-0.25, -0.2) is 13.1 Å². The maximum absolute atomic E-state index is 12.9. The Morgan fingerprint density at radius 2 is 1.84 bits per heavy atom. The van der Waals surface area contributed by atoms with E-state index in [0.29, 0.717) is 43.4 Å². The molecule has 0 bridgehead atoms. The molecule has 0 atom stereocenters. The lowest BCUT2D eigenvalue weighted by molar-refractivity contribution is -0.119. The van der Waals surface area contributed by atoms with Gasteiger partial charge in [-0.2, -0.15) is 9.40 Å². The molecule has 1 aliphatic heterocycles. The zero-order valence-corrected chi connectivity index (χ0v) is 17.9. The van der Waals surface area contributed by atoms with Crippen LogP contribution in [-0.2, 0) is 14.8 Å². The molecule has 11 nitrogen and oxygen atoms in total. The van der Waals surface area contributed by atoms with Crippen molar-refractivity contribution in [3.05, 3.63) is 54.9 Å². The number of sulfonamides is 1. The van der Waals surface area contributed by atoms with Crippen LogP contribution < -0.4 is 15.2 Å². The second-order valence-corrected chi connectivity index (χ2v) is 9.07. The molecular formula is C20H22N6O5S. The molecule has 2 N–H and O–H groups in total. The fourth-order valence-corrected chi connectivity index (χ4v) is 4.74. The number of carbonyl (C=O) groups excluding carboxylic acids is 1. The molecular weight excluding hydrogens is 436 g/mol. The maximum atomic E-state index is 12.9. The van der Waals surface area contributed by atoms with Crippen LogP contribution in [0.15, 0.2) is 59.8 Å². The van der Waals surface area contributed by atoms with Crippen LogP contribution in [0.4, 0.5) is 0 Å². The van der Waals surface area contributed by atoms with E-state index in [1.165, 1.54) is 28.6 Å². The minimum absolute atomic E-state index is 0.156. The van der Waals surface area contributed by atoms with Crippen LogP contribution in [0.1, 0.15) is 12.8 Å². The molecule has 1 amide bonds. The van der Waals surface area contributed by atoms with Crippen molar-refractivity contribution in [3.8, 4) is 17.4 Å². The number of piperidine rings is 1. The normalized spacial score (nSPS) is 15.4. The van der Waals surface area contributed by atoms with E-state index in [-0.39, 0.29) is 17.6 Å². The van der Waals surface area contributed by atoms with Crippen molar-refractivity contribution in [1.82, 2.24) is 24.3 Å². The molecule has 12 heteroatoms. The van der Waals surface area contributed by atoms with E-state index in [2.05, 4.69) is 15.3 Å². The quantitative estimate of drug-likeness (QED) is 0.521. The van der Waals surface area contributed by atoms with Crippen LogP contribution in [0.3, 0.4) is 0 Å². The standard InChI is InChI=1S/C20H22N6O5S/c21-18(27)14-30-15-2-4-17(5-3-15)32(28,29)25-12-8-16(9-13-25)31-20-7-6-19(23-24-20)26-11-1-10-22-26/h1-7,10-11,16H,8-9,12-14H2,(H2,21,27). The van der Waals surface area contributed by atoms with Gasteiger partial charge in [0.05, 0.1) is 4.90 Å². The summed E-state index contributed by atoms with van der Waals surface area (Å²) >= 11 is 0. The van der Waals surface area contributed by atoms with Crippen molar-refractivity contribution in [1.29, 1.82) is 0 Å². The summed E-state index contributed by atoms with van der Waals surface area (Å²) in [5.41, 5.74) is 5.04.